The van der Waals surface area contributed by atoms with Gasteiger partial charge in [-0.25, -0.2) is 0 Å². The molecule has 3 heteroatoms. The van der Waals surface area contributed by atoms with Crippen LogP contribution < -0.4 is 10.1 Å². The van der Waals surface area contributed by atoms with E-state index in [-0.39, 0.29) is 6.61 Å². The van der Waals surface area contributed by atoms with Crippen LogP contribution in [0.1, 0.15) is 44.7 Å². The first-order chi connectivity index (χ1) is 8.71. The van der Waals surface area contributed by atoms with E-state index in [1.807, 2.05) is 12.1 Å². The predicted molar refractivity (Wildman–Crippen MR) is 74.9 cm³/mol. The second-order valence-corrected chi connectivity index (χ2v) is 4.67. The van der Waals surface area contributed by atoms with Gasteiger partial charge in [0.05, 0.1) is 7.11 Å². The Morgan fingerprint density at radius 1 is 1.28 bits per heavy atom. The normalized spacial score (nSPS) is 14.2. The summed E-state index contributed by atoms with van der Waals surface area (Å²) in [4.78, 5) is 0. The zero-order valence-electron chi connectivity index (χ0n) is 11.6. The maximum Gasteiger partial charge on any atom is 0.118 e. The van der Waals surface area contributed by atoms with Crippen LogP contribution in [0, 0.1) is 0 Å². The summed E-state index contributed by atoms with van der Waals surface area (Å²) in [6.45, 7) is 4.62. The number of ether oxygens (including phenoxy) is 1. The summed E-state index contributed by atoms with van der Waals surface area (Å²) in [5.41, 5.74) is 1.29. The molecule has 0 saturated heterocycles. The summed E-state index contributed by atoms with van der Waals surface area (Å²) < 4.78 is 5.17. The Balaban J connectivity index is 2.58. The Bertz CT molecular complexity index is 324. The first-order valence-electron chi connectivity index (χ1n) is 6.72. The number of rotatable bonds is 8. The van der Waals surface area contributed by atoms with E-state index in [0.29, 0.717) is 12.1 Å². The molecule has 2 N–H and O–H groups in total. The van der Waals surface area contributed by atoms with E-state index in [0.717, 1.165) is 25.0 Å². The van der Waals surface area contributed by atoms with Gasteiger partial charge in [-0.2, -0.15) is 0 Å². The third kappa shape index (κ3) is 4.67. The van der Waals surface area contributed by atoms with Gasteiger partial charge in [0.25, 0.3) is 0 Å². The van der Waals surface area contributed by atoms with E-state index in [9.17, 15) is 0 Å². The van der Waals surface area contributed by atoms with Gasteiger partial charge >= 0.3 is 0 Å². The molecule has 18 heavy (non-hydrogen) atoms. The zero-order valence-corrected chi connectivity index (χ0v) is 11.6. The van der Waals surface area contributed by atoms with Gasteiger partial charge in [-0.3, -0.25) is 0 Å². The van der Waals surface area contributed by atoms with Gasteiger partial charge in [0.1, 0.15) is 5.75 Å². The van der Waals surface area contributed by atoms with Crippen molar-refractivity contribution in [3.05, 3.63) is 29.8 Å². The Hall–Kier alpha value is -1.06. The summed E-state index contributed by atoms with van der Waals surface area (Å²) >= 11 is 0. The molecule has 3 nitrogen and oxygen atoms in total. The maximum atomic E-state index is 8.84. The fourth-order valence-electron chi connectivity index (χ4n) is 2.11. The lowest BCUT2D eigenvalue weighted by Gasteiger charge is -2.22. The lowest BCUT2D eigenvalue weighted by Crippen LogP contribution is -2.30. The number of nitrogens with one attached hydrogen (secondary N) is 1. The van der Waals surface area contributed by atoms with Crippen LogP contribution in [-0.2, 0) is 0 Å². The third-order valence-corrected chi connectivity index (χ3v) is 3.21. The van der Waals surface area contributed by atoms with Crippen molar-refractivity contribution in [3.63, 3.8) is 0 Å². The number of methoxy groups -OCH3 is 1. The zero-order chi connectivity index (χ0) is 13.4. The molecule has 2 unspecified atom stereocenters. The average molecular weight is 251 g/mol. The molecule has 0 fully saturated rings. The molecule has 0 aliphatic rings. The SMILES string of the molecule is CCC(NC(C)CCCO)c1ccc(OC)cc1. The van der Waals surface area contributed by atoms with E-state index in [1.165, 1.54) is 5.56 Å². The van der Waals surface area contributed by atoms with E-state index in [1.54, 1.807) is 7.11 Å². The van der Waals surface area contributed by atoms with Crippen molar-refractivity contribution in [2.75, 3.05) is 13.7 Å². The molecular weight excluding hydrogens is 226 g/mol. The first kappa shape index (κ1) is 15.0. The monoisotopic (exact) mass is 251 g/mol. The Kier molecular flexibility index (Phi) is 6.76. The molecule has 0 bridgehead atoms. The minimum Gasteiger partial charge on any atom is -0.497 e. The summed E-state index contributed by atoms with van der Waals surface area (Å²) in [5.74, 6) is 0.891. The molecule has 1 aromatic rings. The highest BCUT2D eigenvalue weighted by molar-refractivity contribution is 5.29. The van der Waals surface area contributed by atoms with E-state index in [2.05, 4.69) is 31.3 Å². The Morgan fingerprint density at radius 3 is 2.44 bits per heavy atom. The number of hydrogen-bond acceptors (Lipinski definition) is 3. The smallest absolute Gasteiger partial charge is 0.118 e. The molecule has 102 valence electrons. The van der Waals surface area contributed by atoms with Crippen LogP contribution in [0.3, 0.4) is 0 Å². The molecule has 0 amide bonds. The number of aliphatic hydroxyl groups is 1. The molecule has 0 heterocycles. The highest BCUT2D eigenvalue weighted by atomic mass is 16.5. The van der Waals surface area contributed by atoms with Gasteiger partial charge in [-0.15, -0.1) is 0 Å². The maximum absolute atomic E-state index is 8.84. The van der Waals surface area contributed by atoms with Crippen molar-refractivity contribution >= 4 is 0 Å². The molecular formula is C15H25NO2. The van der Waals surface area contributed by atoms with E-state index >= 15 is 0 Å². The van der Waals surface area contributed by atoms with Gasteiger partial charge in [0.15, 0.2) is 0 Å². The van der Waals surface area contributed by atoms with Crippen molar-refractivity contribution in [1.82, 2.24) is 5.32 Å². The topological polar surface area (TPSA) is 41.5 Å². The van der Waals surface area contributed by atoms with Crippen LogP contribution in [0.4, 0.5) is 0 Å². The minimum absolute atomic E-state index is 0.269. The Labute approximate surface area is 110 Å². The lowest BCUT2D eigenvalue weighted by molar-refractivity contribution is 0.273. The first-order valence-corrected chi connectivity index (χ1v) is 6.72. The molecule has 0 aliphatic carbocycles. The summed E-state index contributed by atoms with van der Waals surface area (Å²) in [5, 5.41) is 12.4. The predicted octanol–water partition coefficient (Wildman–Crippen LogP) is 2.90. The molecule has 0 saturated carbocycles. The molecule has 0 radical (unpaired) electrons. The van der Waals surface area contributed by atoms with E-state index in [4.69, 9.17) is 9.84 Å². The number of hydrogen-bond donors (Lipinski definition) is 2. The quantitative estimate of drug-likeness (QED) is 0.746. The minimum atomic E-state index is 0.269. The fraction of sp³-hybridized carbons (Fsp3) is 0.600. The van der Waals surface area contributed by atoms with Crippen molar-refractivity contribution in [3.8, 4) is 5.75 Å². The van der Waals surface area contributed by atoms with Gasteiger partial charge in [0.2, 0.25) is 0 Å². The number of benzene rings is 1. The van der Waals surface area contributed by atoms with Gasteiger partial charge in [-0.1, -0.05) is 19.1 Å². The molecule has 0 aliphatic heterocycles. The van der Waals surface area contributed by atoms with Crippen LogP contribution in [0.15, 0.2) is 24.3 Å². The largest absolute Gasteiger partial charge is 0.497 e. The van der Waals surface area contributed by atoms with Gasteiger partial charge in [-0.05, 0) is 43.9 Å². The Morgan fingerprint density at radius 2 is 1.94 bits per heavy atom. The van der Waals surface area contributed by atoms with E-state index < -0.39 is 0 Å². The molecule has 0 aromatic heterocycles. The summed E-state index contributed by atoms with van der Waals surface area (Å²) in [6.07, 6.45) is 2.91. The summed E-state index contributed by atoms with van der Waals surface area (Å²) in [6, 6.07) is 9.00. The fourth-order valence-corrected chi connectivity index (χ4v) is 2.11. The van der Waals surface area contributed by atoms with Crippen molar-refractivity contribution < 1.29 is 9.84 Å². The summed E-state index contributed by atoms with van der Waals surface area (Å²) in [7, 11) is 1.68. The van der Waals surface area contributed by atoms with Crippen LogP contribution in [0.25, 0.3) is 0 Å². The average Bonchev–Trinajstić information content (AvgIpc) is 2.42. The van der Waals surface area contributed by atoms with Crippen molar-refractivity contribution in [2.45, 2.75) is 45.2 Å². The number of aliphatic hydroxyl groups excluding tert-OH is 1. The van der Waals surface area contributed by atoms with Crippen LogP contribution in [0.2, 0.25) is 0 Å². The van der Waals surface area contributed by atoms with Crippen molar-refractivity contribution in [1.29, 1.82) is 0 Å². The second-order valence-electron chi connectivity index (χ2n) is 4.67. The van der Waals surface area contributed by atoms with Crippen LogP contribution in [-0.4, -0.2) is 24.9 Å². The molecule has 1 aromatic carbocycles. The van der Waals surface area contributed by atoms with Gasteiger partial charge < -0.3 is 15.2 Å². The highest BCUT2D eigenvalue weighted by Crippen LogP contribution is 2.21. The third-order valence-electron chi connectivity index (χ3n) is 3.21. The van der Waals surface area contributed by atoms with Crippen LogP contribution >= 0.6 is 0 Å². The highest BCUT2D eigenvalue weighted by Gasteiger charge is 2.12. The molecule has 1 rings (SSSR count). The molecule has 0 spiro atoms. The standard InChI is InChI=1S/C15H25NO2/c1-4-15(16-12(2)6-5-11-17)13-7-9-14(18-3)10-8-13/h7-10,12,15-17H,4-6,11H2,1-3H3. The van der Waals surface area contributed by atoms with Crippen LogP contribution in [0.5, 0.6) is 5.75 Å². The van der Waals surface area contributed by atoms with Crippen molar-refractivity contribution in [2.24, 2.45) is 0 Å². The lowest BCUT2D eigenvalue weighted by atomic mass is 10.0. The second kappa shape index (κ2) is 8.11. The van der Waals surface area contributed by atoms with Gasteiger partial charge in [0, 0.05) is 18.7 Å². The molecule has 2 atom stereocenters.